The summed E-state index contributed by atoms with van der Waals surface area (Å²) in [7, 11) is 0.808. The zero-order chi connectivity index (χ0) is 16.8. The lowest BCUT2D eigenvalue weighted by Gasteiger charge is -2.30. The normalized spacial score (nSPS) is 22.5. The summed E-state index contributed by atoms with van der Waals surface area (Å²) in [5.74, 6) is 0.698. The Morgan fingerprint density at radius 2 is 2.22 bits per heavy atom. The standard InChI is InChI=1S/C16H24N2O4S/c1-3-23(21)15-6-4-5-13(10-15)17-16-8-7-14(18(19)20)9-12(16)11-22-2/h7-9,13,15,17H,3-6,10-11H2,1-2H3. The Bertz CT molecular complexity index is 579. The van der Waals surface area contributed by atoms with Gasteiger partial charge in [-0.3, -0.25) is 14.3 Å². The molecule has 1 fully saturated rings. The van der Waals surface area contributed by atoms with Crippen LogP contribution < -0.4 is 5.32 Å². The topological polar surface area (TPSA) is 81.5 Å². The maximum atomic E-state index is 12.0. The fourth-order valence-electron chi connectivity index (χ4n) is 3.08. The molecule has 128 valence electrons. The molecule has 0 radical (unpaired) electrons. The zero-order valence-electron chi connectivity index (χ0n) is 13.6. The lowest BCUT2D eigenvalue weighted by Crippen LogP contribution is -2.33. The number of nitrogens with one attached hydrogen (secondary N) is 1. The number of rotatable bonds is 7. The number of benzene rings is 1. The lowest BCUT2D eigenvalue weighted by molar-refractivity contribution is -0.384. The van der Waals surface area contributed by atoms with E-state index >= 15 is 0 Å². The van der Waals surface area contributed by atoms with Crippen LogP contribution >= 0.6 is 0 Å². The van der Waals surface area contributed by atoms with Gasteiger partial charge in [-0.25, -0.2) is 0 Å². The van der Waals surface area contributed by atoms with Crippen molar-refractivity contribution < 1.29 is 13.9 Å². The second-order valence-electron chi connectivity index (χ2n) is 5.83. The van der Waals surface area contributed by atoms with E-state index in [4.69, 9.17) is 4.74 Å². The van der Waals surface area contributed by atoms with Crippen molar-refractivity contribution in [3.8, 4) is 0 Å². The Labute approximate surface area is 139 Å². The number of ether oxygens (including phenoxy) is 1. The third-order valence-corrected chi connectivity index (χ3v) is 5.98. The van der Waals surface area contributed by atoms with E-state index in [0.29, 0.717) is 12.4 Å². The van der Waals surface area contributed by atoms with Gasteiger partial charge < -0.3 is 10.1 Å². The fraction of sp³-hybridized carbons (Fsp3) is 0.625. The van der Waals surface area contributed by atoms with Gasteiger partial charge in [-0.2, -0.15) is 0 Å². The van der Waals surface area contributed by atoms with E-state index in [1.54, 1.807) is 19.2 Å². The molecule has 1 aliphatic carbocycles. The van der Waals surface area contributed by atoms with Gasteiger partial charge in [0.2, 0.25) is 0 Å². The maximum Gasteiger partial charge on any atom is 0.269 e. The van der Waals surface area contributed by atoms with Gasteiger partial charge in [0.15, 0.2) is 0 Å². The number of methoxy groups -OCH3 is 1. The van der Waals surface area contributed by atoms with E-state index in [9.17, 15) is 14.3 Å². The molecule has 2 rings (SSSR count). The number of nitro benzene ring substituents is 1. The number of hydrogen-bond donors (Lipinski definition) is 1. The number of hydrogen-bond acceptors (Lipinski definition) is 5. The molecule has 3 unspecified atom stereocenters. The molecule has 0 heterocycles. The van der Waals surface area contributed by atoms with Crippen molar-refractivity contribution in [3.05, 3.63) is 33.9 Å². The summed E-state index contributed by atoms with van der Waals surface area (Å²) in [5.41, 5.74) is 1.71. The lowest BCUT2D eigenvalue weighted by atomic mass is 9.94. The van der Waals surface area contributed by atoms with Gasteiger partial charge in [-0.05, 0) is 25.3 Å². The van der Waals surface area contributed by atoms with Crippen LogP contribution in [-0.4, -0.2) is 33.3 Å². The summed E-state index contributed by atoms with van der Waals surface area (Å²) in [6.07, 6.45) is 3.98. The Balaban J connectivity index is 2.12. The molecule has 6 nitrogen and oxygen atoms in total. The molecular weight excluding hydrogens is 316 g/mol. The molecule has 0 aromatic heterocycles. The van der Waals surface area contributed by atoms with Crippen molar-refractivity contribution in [1.29, 1.82) is 0 Å². The highest BCUT2D eigenvalue weighted by molar-refractivity contribution is 7.85. The molecule has 1 N–H and O–H groups in total. The van der Waals surface area contributed by atoms with Crippen molar-refractivity contribution in [2.24, 2.45) is 0 Å². The van der Waals surface area contributed by atoms with Crippen LogP contribution in [0, 0.1) is 10.1 Å². The van der Waals surface area contributed by atoms with Crippen LogP contribution in [0.5, 0.6) is 0 Å². The molecule has 0 amide bonds. The highest BCUT2D eigenvalue weighted by Gasteiger charge is 2.26. The second-order valence-corrected chi connectivity index (χ2v) is 7.84. The maximum absolute atomic E-state index is 12.0. The summed E-state index contributed by atoms with van der Waals surface area (Å²) in [4.78, 5) is 10.5. The summed E-state index contributed by atoms with van der Waals surface area (Å²) in [5, 5.41) is 14.6. The molecule has 1 aromatic rings. The summed E-state index contributed by atoms with van der Waals surface area (Å²) >= 11 is 0. The average Bonchev–Trinajstić information content (AvgIpc) is 2.56. The molecule has 7 heteroatoms. The van der Waals surface area contributed by atoms with Gasteiger partial charge in [-0.15, -0.1) is 0 Å². The number of nitrogens with zero attached hydrogens (tertiary/aromatic N) is 1. The molecule has 0 bridgehead atoms. The van der Waals surface area contributed by atoms with Crippen LogP contribution in [-0.2, 0) is 22.1 Å². The molecular formula is C16H24N2O4S. The first-order valence-electron chi connectivity index (χ1n) is 7.95. The van der Waals surface area contributed by atoms with Gasteiger partial charge in [0, 0.05) is 58.3 Å². The molecule has 0 spiro atoms. The molecule has 1 aliphatic rings. The summed E-state index contributed by atoms with van der Waals surface area (Å²) in [6.45, 7) is 2.28. The minimum atomic E-state index is -0.765. The molecule has 0 aliphatic heterocycles. The highest BCUT2D eigenvalue weighted by Crippen LogP contribution is 2.29. The van der Waals surface area contributed by atoms with Gasteiger partial charge in [0.05, 0.1) is 11.5 Å². The van der Waals surface area contributed by atoms with Gasteiger partial charge in [0.1, 0.15) is 0 Å². The van der Waals surface area contributed by atoms with Crippen molar-refractivity contribution >= 4 is 22.2 Å². The third kappa shape index (κ3) is 4.75. The number of anilines is 1. The molecule has 1 aromatic carbocycles. The van der Waals surface area contributed by atoms with Crippen LogP contribution in [0.3, 0.4) is 0 Å². The van der Waals surface area contributed by atoms with Gasteiger partial charge in [-0.1, -0.05) is 13.3 Å². The quantitative estimate of drug-likeness (QED) is 0.609. The van der Waals surface area contributed by atoms with E-state index in [1.807, 2.05) is 6.92 Å². The van der Waals surface area contributed by atoms with Crippen LogP contribution in [0.2, 0.25) is 0 Å². The summed E-state index contributed by atoms with van der Waals surface area (Å²) < 4.78 is 17.2. The first kappa shape index (κ1) is 17.9. The minimum absolute atomic E-state index is 0.0659. The van der Waals surface area contributed by atoms with E-state index < -0.39 is 15.7 Å². The first-order chi connectivity index (χ1) is 11.0. The smallest absolute Gasteiger partial charge is 0.269 e. The van der Waals surface area contributed by atoms with E-state index in [-0.39, 0.29) is 17.0 Å². The minimum Gasteiger partial charge on any atom is -0.382 e. The predicted molar refractivity (Wildman–Crippen MR) is 92.2 cm³/mol. The van der Waals surface area contributed by atoms with E-state index in [0.717, 1.165) is 36.9 Å². The molecule has 1 saturated carbocycles. The summed E-state index contributed by atoms with van der Waals surface area (Å²) in [6, 6.07) is 5.05. The Morgan fingerprint density at radius 1 is 1.43 bits per heavy atom. The van der Waals surface area contributed by atoms with Crippen LogP contribution in [0.25, 0.3) is 0 Å². The van der Waals surface area contributed by atoms with Crippen LogP contribution in [0.1, 0.15) is 38.2 Å². The van der Waals surface area contributed by atoms with Crippen molar-refractivity contribution in [2.45, 2.75) is 50.5 Å². The van der Waals surface area contributed by atoms with Crippen molar-refractivity contribution in [2.75, 3.05) is 18.2 Å². The third-order valence-electron chi connectivity index (χ3n) is 4.24. The number of nitro groups is 1. The molecule has 3 atom stereocenters. The second kappa shape index (κ2) is 8.40. The highest BCUT2D eigenvalue weighted by atomic mass is 32.2. The molecule has 23 heavy (non-hydrogen) atoms. The van der Waals surface area contributed by atoms with Crippen molar-refractivity contribution in [3.63, 3.8) is 0 Å². The van der Waals surface area contributed by atoms with Gasteiger partial charge >= 0.3 is 0 Å². The average molecular weight is 340 g/mol. The first-order valence-corrected chi connectivity index (χ1v) is 9.33. The fourth-order valence-corrected chi connectivity index (χ4v) is 4.43. The Hall–Kier alpha value is -1.47. The monoisotopic (exact) mass is 340 g/mol. The predicted octanol–water partition coefficient (Wildman–Crippen LogP) is 3.23. The van der Waals surface area contributed by atoms with E-state index in [2.05, 4.69) is 5.32 Å². The van der Waals surface area contributed by atoms with Crippen LogP contribution in [0.4, 0.5) is 11.4 Å². The zero-order valence-corrected chi connectivity index (χ0v) is 14.4. The Kier molecular flexibility index (Phi) is 6.53. The van der Waals surface area contributed by atoms with Gasteiger partial charge in [0.25, 0.3) is 5.69 Å². The SMILES string of the molecule is CCS(=O)C1CCCC(Nc2ccc([N+](=O)[O-])cc2COC)C1. The number of non-ortho nitro benzene ring substituents is 1. The van der Waals surface area contributed by atoms with Crippen LogP contribution in [0.15, 0.2) is 18.2 Å². The van der Waals surface area contributed by atoms with Crippen molar-refractivity contribution in [1.82, 2.24) is 0 Å². The largest absolute Gasteiger partial charge is 0.382 e. The Morgan fingerprint density at radius 3 is 2.87 bits per heavy atom. The van der Waals surface area contributed by atoms with E-state index in [1.165, 1.54) is 6.07 Å². The molecule has 0 saturated heterocycles.